The highest BCUT2D eigenvalue weighted by Crippen LogP contribution is 2.36. The Bertz CT molecular complexity index is 442. The molecule has 3 heteroatoms. The second-order valence-corrected chi connectivity index (χ2v) is 11.7. The van der Waals surface area contributed by atoms with Crippen LogP contribution in [-0.2, 0) is 10.8 Å². The van der Waals surface area contributed by atoms with E-state index in [0.29, 0.717) is 6.61 Å². The van der Waals surface area contributed by atoms with Gasteiger partial charge in [-0.1, -0.05) is 51.1 Å². The molecule has 110 valence electrons. The molecule has 0 aliphatic rings. The summed E-state index contributed by atoms with van der Waals surface area (Å²) in [6, 6.07) is 12.6. The molecule has 0 fully saturated rings. The van der Waals surface area contributed by atoms with E-state index in [1.54, 1.807) is 0 Å². The van der Waals surface area contributed by atoms with Gasteiger partial charge in [0.15, 0.2) is 8.32 Å². The summed E-state index contributed by atoms with van der Waals surface area (Å²) >= 11 is 0. The number of benzene rings is 1. The van der Waals surface area contributed by atoms with E-state index in [1.165, 1.54) is 5.56 Å². The monoisotopic (exact) mass is 289 g/mol. The quantitative estimate of drug-likeness (QED) is 0.706. The molecule has 1 rings (SSSR count). The van der Waals surface area contributed by atoms with Gasteiger partial charge in [0.25, 0.3) is 0 Å². The van der Waals surface area contributed by atoms with E-state index in [-0.39, 0.29) is 11.0 Å². The molecule has 0 saturated carbocycles. The molecule has 1 aromatic rings. The second-order valence-electron chi connectivity index (χ2n) is 6.91. The zero-order valence-electron chi connectivity index (χ0n) is 13.4. The van der Waals surface area contributed by atoms with Crippen LogP contribution in [0.4, 0.5) is 0 Å². The summed E-state index contributed by atoms with van der Waals surface area (Å²) < 4.78 is 6.15. The first-order chi connectivity index (χ1) is 9.26. The van der Waals surface area contributed by atoms with Crippen LogP contribution in [0.1, 0.15) is 32.8 Å². The van der Waals surface area contributed by atoms with Gasteiger partial charge in [-0.15, -0.1) is 0 Å². The van der Waals surface area contributed by atoms with Crippen molar-refractivity contribution in [2.45, 2.75) is 51.7 Å². The van der Waals surface area contributed by atoms with E-state index < -0.39 is 8.32 Å². The summed E-state index contributed by atoms with van der Waals surface area (Å²) in [6.07, 6.45) is 1.64. The molecule has 0 saturated heterocycles. The number of hydrogen-bond acceptors (Lipinski definition) is 2. The Morgan fingerprint density at radius 2 is 1.80 bits per heavy atom. The van der Waals surface area contributed by atoms with Gasteiger partial charge in [-0.25, -0.2) is 0 Å². The minimum atomic E-state index is -1.69. The molecular formula is C17H27NOSi. The molecule has 20 heavy (non-hydrogen) atoms. The highest BCUT2D eigenvalue weighted by Gasteiger charge is 2.36. The van der Waals surface area contributed by atoms with Crippen molar-refractivity contribution in [2.24, 2.45) is 5.92 Å². The lowest BCUT2D eigenvalue weighted by molar-refractivity contribution is 0.267. The minimum Gasteiger partial charge on any atom is -0.417 e. The van der Waals surface area contributed by atoms with Crippen molar-refractivity contribution in [3.63, 3.8) is 0 Å². The Morgan fingerprint density at radius 1 is 1.20 bits per heavy atom. The summed E-state index contributed by atoms with van der Waals surface area (Å²) in [7, 11) is -1.69. The molecular weight excluding hydrogens is 262 g/mol. The third kappa shape index (κ3) is 5.11. The van der Waals surface area contributed by atoms with E-state index in [9.17, 15) is 5.26 Å². The largest absolute Gasteiger partial charge is 0.417 e. The Labute approximate surface area is 124 Å². The zero-order valence-corrected chi connectivity index (χ0v) is 14.4. The summed E-state index contributed by atoms with van der Waals surface area (Å²) in [5, 5.41) is 9.51. The van der Waals surface area contributed by atoms with Crippen LogP contribution < -0.4 is 0 Å². The van der Waals surface area contributed by atoms with Crippen LogP contribution in [0.15, 0.2) is 30.3 Å². The van der Waals surface area contributed by atoms with Gasteiger partial charge >= 0.3 is 0 Å². The lowest BCUT2D eigenvalue weighted by atomic mass is 9.98. The molecule has 1 unspecified atom stereocenters. The number of hydrogen-bond donors (Lipinski definition) is 0. The first-order valence-electron chi connectivity index (χ1n) is 7.34. The standard InChI is InChI=1S/C17H27NOSi/c1-17(2,3)20(4,5)19-12-11-16(14-18)13-15-9-7-6-8-10-15/h6-10,16H,11-13H2,1-5H3. The van der Waals surface area contributed by atoms with Crippen molar-refractivity contribution in [3.8, 4) is 6.07 Å². The molecule has 0 bridgehead atoms. The maximum atomic E-state index is 9.28. The van der Waals surface area contributed by atoms with Crippen molar-refractivity contribution < 1.29 is 4.43 Å². The Hall–Kier alpha value is -1.11. The maximum absolute atomic E-state index is 9.28. The van der Waals surface area contributed by atoms with Gasteiger partial charge in [0.05, 0.1) is 12.0 Å². The predicted octanol–water partition coefficient (Wildman–Crippen LogP) is 4.78. The highest BCUT2D eigenvalue weighted by atomic mass is 28.4. The molecule has 0 aliphatic carbocycles. The van der Waals surface area contributed by atoms with Crippen molar-refractivity contribution in [3.05, 3.63) is 35.9 Å². The van der Waals surface area contributed by atoms with E-state index >= 15 is 0 Å². The molecule has 0 N–H and O–H groups in total. The fraction of sp³-hybridized carbons (Fsp3) is 0.588. The summed E-state index contributed by atoms with van der Waals surface area (Å²) in [5.41, 5.74) is 1.23. The van der Waals surface area contributed by atoms with Crippen LogP contribution in [-0.4, -0.2) is 14.9 Å². The SMILES string of the molecule is CC(C)(C)[Si](C)(C)OCCC(C#N)Cc1ccccc1. The Morgan fingerprint density at radius 3 is 2.30 bits per heavy atom. The third-order valence-corrected chi connectivity index (χ3v) is 8.78. The summed E-state index contributed by atoms with van der Waals surface area (Å²) in [5.74, 6) is 0.0437. The van der Waals surface area contributed by atoms with Crippen LogP contribution in [0.2, 0.25) is 18.1 Å². The van der Waals surface area contributed by atoms with E-state index in [1.807, 2.05) is 18.2 Å². The molecule has 0 aliphatic heterocycles. The molecule has 0 spiro atoms. The molecule has 0 heterocycles. The van der Waals surface area contributed by atoms with Crippen molar-refractivity contribution in [1.82, 2.24) is 0 Å². The van der Waals surface area contributed by atoms with Crippen LogP contribution in [0, 0.1) is 17.2 Å². The fourth-order valence-corrected chi connectivity index (χ4v) is 2.84. The normalized spacial score (nSPS) is 13.8. The van der Waals surface area contributed by atoms with Crippen molar-refractivity contribution in [1.29, 1.82) is 5.26 Å². The van der Waals surface area contributed by atoms with Gasteiger partial charge in [0.1, 0.15) is 0 Å². The van der Waals surface area contributed by atoms with Gasteiger partial charge in [-0.05, 0) is 36.5 Å². The lowest BCUT2D eigenvalue weighted by Gasteiger charge is -2.36. The third-order valence-electron chi connectivity index (χ3n) is 4.24. The predicted molar refractivity (Wildman–Crippen MR) is 87.0 cm³/mol. The topological polar surface area (TPSA) is 33.0 Å². The van der Waals surface area contributed by atoms with Crippen molar-refractivity contribution in [2.75, 3.05) is 6.61 Å². The Balaban J connectivity index is 2.46. The fourth-order valence-electron chi connectivity index (χ4n) is 1.78. The maximum Gasteiger partial charge on any atom is 0.191 e. The number of rotatable bonds is 6. The first kappa shape index (κ1) is 16.9. The van der Waals surface area contributed by atoms with E-state index in [0.717, 1.165) is 12.8 Å². The first-order valence-corrected chi connectivity index (χ1v) is 10.2. The molecule has 0 amide bonds. The van der Waals surface area contributed by atoms with Crippen LogP contribution in [0.25, 0.3) is 0 Å². The molecule has 1 aromatic carbocycles. The zero-order chi connectivity index (χ0) is 15.2. The minimum absolute atomic E-state index is 0.0437. The van der Waals surface area contributed by atoms with Gasteiger partial charge < -0.3 is 4.43 Å². The van der Waals surface area contributed by atoms with Crippen LogP contribution >= 0.6 is 0 Å². The van der Waals surface area contributed by atoms with E-state index in [4.69, 9.17) is 4.43 Å². The van der Waals surface area contributed by atoms with Crippen molar-refractivity contribution >= 4 is 8.32 Å². The average Bonchev–Trinajstić information content (AvgIpc) is 2.37. The van der Waals surface area contributed by atoms with E-state index in [2.05, 4.69) is 52.1 Å². The average molecular weight is 289 g/mol. The lowest BCUT2D eigenvalue weighted by Crippen LogP contribution is -2.41. The Kier molecular flexibility index (Phi) is 5.98. The van der Waals surface area contributed by atoms with Gasteiger partial charge in [0.2, 0.25) is 0 Å². The summed E-state index contributed by atoms with van der Waals surface area (Å²) in [6.45, 7) is 11.9. The molecule has 1 atom stereocenters. The smallest absolute Gasteiger partial charge is 0.191 e. The molecule has 2 nitrogen and oxygen atoms in total. The second kappa shape index (κ2) is 7.06. The highest BCUT2D eigenvalue weighted by molar-refractivity contribution is 6.74. The molecule has 0 aromatic heterocycles. The van der Waals surface area contributed by atoms with Gasteiger partial charge in [0, 0.05) is 6.61 Å². The number of nitrogens with zero attached hydrogens (tertiary/aromatic N) is 1. The van der Waals surface area contributed by atoms with Gasteiger partial charge in [-0.2, -0.15) is 5.26 Å². The van der Waals surface area contributed by atoms with Crippen LogP contribution in [0.5, 0.6) is 0 Å². The van der Waals surface area contributed by atoms with Crippen LogP contribution in [0.3, 0.4) is 0 Å². The summed E-state index contributed by atoms with van der Waals surface area (Å²) in [4.78, 5) is 0. The van der Waals surface area contributed by atoms with Gasteiger partial charge in [-0.3, -0.25) is 0 Å². The number of nitriles is 1. The molecule has 0 radical (unpaired) electrons.